The fraction of sp³-hybridized carbons (Fsp3) is 0.178. The van der Waals surface area contributed by atoms with Crippen LogP contribution in [0.5, 0.6) is 34.5 Å². The van der Waals surface area contributed by atoms with Gasteiger partial charge in [-0.1, -0.05) is 256 Å². The van der Waals surface area contributed by atoms with Crippen molar-refractivity contribution >= 4 is 93.4 Å². The van der Waals surface area contributed by atoms with E-state index in [4.69, 9.17) is 24.8 Å². The van der Waals surface area contributed by atoms with Crippen LogP contribution in [0.2, 0.25) is 0 Å². The Hall–Kier alpha value is -10.2. The average molecular weight is 1570 g/mol. The predicted octanol–water partition coefficient (Wildman–Crippen LogP) is 23.2. The van der Waals surface area contributed by atoms with Gasteiger partial charge in [-0.2, -0.15) is 0 Å². The molecule has 0 aromatic heterocycles. The van der Waals surface area contributed by atoms with Gasteiger partial charge >= 0.3 is 5.97 Å². The van der Waals surface area contributed by atoms with Crippen LogP contribution in [0.25, 0.3) is 22.3 Å². The van der Waals surface area contributed by atoms with Crippen molar-refractivity contribution in [2.45, 2.75) is 74.7 Å². The largest absolute Gasteiger partial charge is 0.508 e. The molecule has 0 atom stereocenters. The van der Waals surface area contributed by atoms with E-state index in [2.05, 4.69) is 153 Å². The summed E-state index contributed by atoms with van der Waals surface area (Å²) in [6.07, 6.45) is 2.40. The summed E-state index contributed by atoms with van der Waals surface area (Å²) in [5.41, 5.74) is 16.8. The molecule has 0 aliphatic heterocycles. The second kappa shape index (κ2) is 42.9. The SMILES string of the molecule is BrCCBr.CC/C(=C(\c1ccc(C)cc1)c1ccc(O)cc1)c1ccccc1.CCC(=C(c1ccc(OCCBr)cc1)c1ccc(OC(=O)C(C)(C)C)cc1)c1ccccc1.CCC(=O)c1ccccc1.Cc1ccc(C(=O)c2ccc(O)cc2)cc1.O=C(c1ccc(O)cc1)c1ccc(O)cc1. The minimum atomic E-state index is -0.551. The molecule has 11 aromatic carbocycles. The Morgan fingerprint density at radius 1 is 0.320 bits per heavy atom. The first-order chi connectivity index (χ1) is 49.6. The number of aryl methyl sites for hydroxylation is 2. The van der Waals surface area contributed by atoms with Gasteiger partial charge in [-0.3, -0.25) is 19.2 Å². The quantitative estimate of drug-likeness (QED) is 0.0201. The summed E-state index contributed by atoms with van der Waals surface area (Å²) in [7, 11) is 0. The van der Waals surface area contributed by atoms with Crippen LogP contribution >= 0.6 is 47.8 Å². The van der Waals surface area contributed by atoms with Crippen molar-refractivity contribution < 1.29 is 49.1 Å². The van der Waals surface area contributed by atoms with Gasteiger partial charge in [-0.05, 0) is 212 Å². The Morgan fingerprint density at radius 2 is 0.592 bits per heavy atom. The number of phenols is 4. The average Bonchev–Trinajstić information content (AvgIpc) is 0.807. The number of benzene rings is 11. The lowest BCUT2D eigenvalue weighted by molar-refractivity contribution is -0.143. The van der Waals surface area contributed by atoms with E-state index in [-0.39, 0.29) is 40.6 Å². The topological polar surface area (TPSA) is 168 Å². The summed E-state index contributed by atoms with van der Waals surface area (Å²) < 4.78 is 11.3. The van der Waals surface area contributed by atoms with Gasteiger partial charge < -0.3 is 29.9 Å². The number of esters is 1. The minimum Gasteiger partial charge on any atom is -0.508 e. The van der Waals surface area contributed by atoms with Crippen molar-refractivity contribution in [2.75, 3.05) is 22.6 Å². The predicted molar refractivity (Wildman–Crippen MR) is 433 cm³/mol. The molecule has 0 saturated carbocycles. The second-order valence-electron chi connectivity index (χ2n) is 24.5. The number of carbonyl (C=O) groups excluding carboxylic acids is 4. The van der Waals surface area contributed by atoms with Crippen LogP contribution in [0.1, 0.15) is 148 Å². The molecule has 0 unspecified atom stereocenters. The van der Waals surface area contributed by atoms with Crippen molar-refractivity contribution in [1.82, 2.24) is 0 Å². The summed E-state index contributed by atoms with van der Waals surface area (Å²) >= 11 is 9.80. The van der Waals surface area contributed by atoms with Crippen LogP contribution in [-0.2, 0) is 4.79 Å². The molecule has 11 rings (SSSR count). The summed E-state index contributed by atoms with van der Waals surface area (Å²) in [5.74, 6) is 1.91. The van der Waals surface area contributed by atoms with Gasteiger partial charge in [-0.15, -0.1) is 0 Å². The maximum absolute atomic E-state index is 12.3. The third-order valence-corrected chi connectivity index (χ3v) is 17.9. The second-order valence-corrected chi connectivity index (χ2v) is 26.8. The molecule has 0 fully saturated rings. The van der Waals surface area contributed by atoms with Crippen LogP contribution in [0.3, 0.4) is 0 Å². The molecule has 10 nitrogen and oxygen atoms in total. The first-order valence-electron chi connectivity index (χ1n) is 33.9. The molecule has 0 radical (unpaired) electrons. The molecule has 103 heavy (non-hydrogen) atoms. The number of hydrogen-bond acceptors (Lipinski definition) is 10. The number of aromatic hydroxyl groups is 4. The molecule has 4 N–H and O–H groups in total. The van der Waals surface area contributed by atoms with Crippen LogP contribution in [0, 0.1) is 19.3 Å². The molecule has 0 bridgehead atoms. The highest BCUT2D eigenvalue weighted by molar-refractivity contribution is 9.12. The Labute approximate surface area is 632 Å². The van der Waals surface area contributed by atoms with Gasteiger partial charge in [0.25, 0.3) is 0 Å². The van der Waals surface area contributed by atoms with Crippen LogP contribution in [-0.4, -0.2) is 66.3 Å². The first kappa shape index (κ1) is 81.8. The van der Waals surface area contributed by atoms with E-state index < -0.39 is 5.41 Å². The Kier molecular flexibility index (Phi) is 34.1. The number of allylic oxidation sites excluding steroid dienone is 2. The number of rotatable bonds is 19. The molecule has 13 heteroatoms. The zero-order chi connectivity index (χ0) is 74.7. The number of carbonyl (C=O) groups is 4. The van der Waals surface area contributed by atoms with Crippen molar-refractivity contribution in [1.29, 1.82) is 0 Å². The summed E-state index contributed by atoms with van der Waals surface area (Å²) in [6.45, 7) is 16.5. The van der Waals surface area contributed by atoms with Gasteiger partial charge in [-0.25, -0.2) is 0 Å². The van der Waals surface area contributed by atoms with Crippen molar-refractivity contribution in [3.05, 3.63) is 357 Å². The van der Waals surface area contributed by atoms with E-state index in [9.17, 15) is 24.3 Å². The van der Waals surface area contributed by atoms with E-state index in [0.717, 1.165) is 68.0 Å². The smallest absolute Gasteiger partial charge is 0.316 e. The van der Waals surface area contributed by atoms with Gasteiger partial charge in [0.2, 0.25) is 0 Å². The van der Waals surface area contributed by atoms with E-state index >= 15 is 0 Å². The highest BCUT2D eigenvalue weighted by Gasteiger charge is 2.24. The maximum atomic E-state index is 12.3. The first-order valence-corrected chi connectivity index (χ1v) is 37.3. The van der Waals surface area contributed by atoms with Gasteiger partial charge in [0.05, 0.1) is 12.0 Å². The molecule has 0 heterocycles. The van der Waals surface area contributed by atoms with E-state index in [1.54, 1.807) is 48.5 Å². The number of alkyl halides is 3. The fourth-order valence-corrected chi connectivity index (χ4v) is 10.4. The van der Waals surface area contributed by atoms with E-state index in [0.29, 0.717) is 46.8 Å². The standard InChI is InChI=1S/C29H31BrO3.C23H22O.C14H12O2.C13H10O3.C9H10O.C2H4Br2/c1-5-26(21-9-7-6-8-10-21)27(22-11-15-24(16-12-22)32-20-19-30)23-13-17-25(18-14-23)33-28(31)29(2,3)4;1-3-22(18-7-5-4-6-8-18)23(19-11-9-17(2)10-12-19)20-13-15-21(24)16-14-20;1-10-2-4-11(5-3-10)14(16)12-6-8-13(15)9-7-12;14-11-5-1-9(2-6-11)13(16)10-3-7-12(15)8-4-10;1-2-9(10)8-6-4-3-5-7-8;3-1-2-4/h6-18H,5,19-20H2,1-4H3;4-16,24H,3H2,1-2H3;2-9,15H,1H3;1-8,14-15H;3-7H,2H2,1H3;1-2H2/b;23-22-;;;;. The molecular weight excluding hydrogens is 1480 g/mol. The third-order valence-electron chi connectivity index (χ3n) is 15.7. The number of halogens is 3. The minimum absolute atomic E-state index is 0.0278. The number of Topliss-reactive ketones (excluding diaryl/α,β-unsaturated/α-hetero) is 1. The molecular formula is C90H89Br3O10. The molecule has 0 saturated heterocycles. The maximum Gasteiger partial charge on any atom is 0.316 e. The molecule has 0 amide bonds. The Balaban J connectivity index is 0.000000209. The number of ether oxygens (including phenoxy) is 2. The molecule has 0 spiro atoms. The lowest BCUT2D eigenvalue weighted by atomic mass is 9.88. The van der Waals surface area contributed by atoms with Gasteiger partial charge in [0, 0.05) is 50.2 Å². The van der Waals surface area contributed by atoms with Crippen molar-refractivity contribution in [3.63, 3.8) is 0 Å². The van der Waals surface area contributed by atoms with E-state index in [1.807, 2.05) is 150 Å². The van der Waals surface area contributed by atoms with E-state index in [1.165, 1.54) is 75.4 Å². The zero-order valence-electron chi connectivity index (χ0n) is 59.5. The van der Waals surface area contributed by atoms with Gasteiger partial charge in [0.1, 0.15) is 34.5 Å². The summed E-state index contributed by atoms with van der Waals surface area (Å²) in [5, 5.41) is 39.9. The zero-order valence-corrected chi connectivity index (χ0v) is 64.2. The molecule has 11 aromatic rings. The number of phenolic OH excluding ortho intramolecular Hbond substituents is 4. The summed E-state index contributed by atoms with van der Waals surface area (Å²) in [6, 6.07) is 88.3. The molecule has 0 aliphatic carbocycles. The van der Waals surface area contributed by atoms with Gasteiger partial charge in [0.15, 0.2) is 17.3 Å². The lowest BCUT2D eigenvalue weighted by Gasteiger charge is -2.18. The Bertz CT molecular complexity index is 4200. The van der Waals surface area contributed by atoms with Crippen molar-refractivity contribution in [3.8, 4) is 34.5 Å². The number of hydrogen-bond donors (Lipinski definition) is 4. The highest BCUT2D eigenvalue weighted by atomic mass is 79.9. The normalized spacial score (nSPS) is 11.0. The third kappa shape index (κ3) is 26.6. The summed E-state index contributed by atoms with van der Waals surface area (Å²) in [4.78, 5) is 47.2. The van der Waals surface area contributed by atoms with Crippen LogP contribution < -0.4 is 9.47 Å². The number of ketones is 3. The Morgan fingerprint density at radius 3 is 0.874 bits per heavy atom. The van der Waals surface area contributed by atoms with Crippen LogP contribution in [0.4, 0.5) is 0 Å². The lowest BCUT2D eigenvalue weighted by Crippen LogP contribution is -2.25. The highest BCUT2D eigenvalue weighted by Crippen LogP contribution is 2.38. The van der Waals surface area contributed by atoms with Crippen LogP contribution in [0.15, 0.2) is 285 Å². The van der Waals surface area contributed by atoms with Crippen molar-refractivity contribution in [2.24, 2.45) is 5.41 Å². The fourth-order valence-electron chi connectivity index (χ4n) is 10.2. The molecule has 530 valence electrons. The molecule has 0 aliphatic rings. The monoisotopic (exact) mass is 1570 g/mol.